The van der Waals surface area contributed by atoms with Gasteiger partial charge in [0.05, 0.1) is 6.04 Å². The molecule has 0 radical (unpaired) electrons. The van der Waals surface area contributed by atoms with Crippen LogP contribution in [0.25, 0.3) is 0 Å². The molecule has 1 aromatic heterocycles. The van der Waals surface area contributed by atoms with Crippen LogP contribution < -0.4 is 5.32 Å². The highest BCUT2D eigenvalue weighted by Crippen LogP contribution is 2.23. The van der Waals surface area contributed by atoms with E-state index >= 15 is 0 Å². The van der Waals surface area contributed by atoms with Crippen LogP contribution in [-0.4, -0.2) is 39.7 Å². The molecule has 1 atom stereocenters. The minimum absolute atomic E-state index is 0.0427. The molecule has 6 nitrogen and oxygen atoms in total. The second kappa shape index (κ2) is 6.27. The maximum absolute atomic E-state index is 12.7. The van der Waals surface area contributed by atoms with Gasteiger partial charge in [-0.25, -0.2) is 9.67 Å². The van der Waals surface area contributed by atoms with Crippen molar-refractivity contribution in [1.82, 2.24) is 25.0 Å². The summed E-state index contributed by atoms with van der Waals surface area (Å²) in [6.07, 6.45) is 3.46. The van der Waals surface area contributed by atoms with Crippen molar-refractivity contribution in [3.8, 4) is 0 Å². The molecular formula is C16H21N5O. The van der Waals surface area contributed by atoms with Crippen molar-refractivity contribution in [3.63, 3.8) is 0 Å². The van der Waals surface area contributed by atoms with E-state index in [-0.39, 0.29) is 11.9 Å². The maximum Gasteiger partial charge on any atom is 0.252 e. The van der Waals surface area contributed by atoms with Crippen LogP contribution in [0.2, 0.25) is 0 Å². The summed E-state index contributed by atoms with van der Waals surface area (Å²) in [5, 5.41) is 7.30. The molecule has 1 aromatic carbocycles. The molecule has 116 valence electrons. The number of benzene rings is 1. The highest BCUT2D eigenvalue weighted by molar-refractivity contribution is 5.95. The Bertz CT molecular complexity index is 664. The van der Waals surface area contributed by atoms with E-state index in [0.29, 0.717) is 0 Å². The lowest BCUT2D eigenvalue weighted by molar-refractivity contribution is 0.0925. The molecule has 1 unspecified atom stereocenters. The fraction of sp³-hybridized carbons (Fsp3) is 0.438. The molecule has 1 N–H and O–H groups in total. The van der Waals surface area contributed by atoms with Gasteiger partial charge in [-0.1, -0.05) is 18.2 Å². The summed E-state index contributed by atoms with van der Waals surface area (Å²) in [5.74, 6) is 0.809. The minimum atomic E-state index is -0.0591. The lowest BCUT2D eigenvalue weighted by Gasteiger charge is -2.24. The van der Waals surface area contributed by atoms with Crippen LogP contribution in [0.5, 0.6) is 0 Å². The first-order chi connectivity index (χ1) is 10.6. The maximum atomic E-state index is 12.7. The van der Waals surface area contributed by atoms with Crippen molar-refractivity contribution in [1.29, 1.82) is 0 Å². The molecule has 1 amide bonds. The van der Waals surface area contributed by atoms with Crippen molar-refractivity contribution in [2.24, 2.45) is 0 Å². The number of carbonyl (C=O) groups is 1. The number of fused-ring (bicyclic) bond motifs is 1. The van der Waals surface area contributed by atoms with Crippen LogP contribution >= 0.6 is 0 Å². The predicted octanol–water partition coefficient (Wildman–Crippen LogP) is 1.60. The molecule has 0 saturated heterocycles. The first-order valence-corrected chi connectivity index (χ1v) is 7.56. The summed E-state index contributed by atoms with van der Waals surface area (Å²) in [4.78, 5) is 19.0. The first-order valence-electron chi connectivity index (χ1n) is 7.56. The van der Waals surface area contributed by atoms with Crippen LogP contribution in [0.15, 0.2) is 30.6 Å². The highest BCUT2D eigenvalue weighted by atomic mass is 16.1. The fourth-order valence-electron chi connectivity index (χ4n) is 2.88. The van der Waals surface area contributed by atoms with E-state index in [1.807, 2.05) is 43.0 Å². The molecule has 0 aliphatic carbocycles. The number of rotatable bonds is 4. The average Bonchev–Trinajstić information content (AvgIpc) is 2.96. The number of carbonyl (C=O) groups excluding carboxylic acids is 1. The second-order valence-electron chi connectivity index (χ2n) is 5.90. The summed E-state index contributed by atoms with van der Waals surface area (Å²) in [5.41, 5.74) is 1.76. The Kier molecular flexibility index (Phi) is 4.20. The lowest BCUT2D eigenvalue weighted by atomic mass is 10.0. The Morgan fingerprint density at radius 2 is 2.23 bits per heavy atom. The molecule has 6 heteroatoms. The fourth-order valence-corrected chi connectivity index (χ4v) is 2.88. The Hall–Kier alpha value is -2.21. The number of hydrogen-bond donors (Lipinski definition) is 1. The van der Waals surface area contributed by atoms with E-state index in [9.17, 15) is 4.79 Å². The summed E-state index contributed by atoms with van der Waals surface area (Å²) >= 11 is 0. The van der Waals surface area contributed by atoms with Crippen LogP contribution in [0, 0.1) is 0 Å². The van der Waals surface area contributed by atoms with E-state index < -0.39 is 0 Å². The van der Waals surface area contributed by atoms with E-state index in [4.69, 9.17) is 0 Å². The van der Waals surface area contributed by atoms with Crippen LogP contribution in [0.1, 0.15) is 40.6 Å². The third kappa shape index (κ3) is 3.01. The normalized spacial score (nSPS) is 17.3. The van der Waals surface area contributed by atoms with Crippen LogP contribution in [-0.2, 0) is 13.1 Å². The van der Waals surface area contributed by atoms with Gasteiger partial charge in [0.15, 0.2) is 0 Å². The topological polar surface area (TPSA) is 63.1 Å². The molecule has 0 spiro atoms. The van der Waals surface area contributed by atoms with E-state index in [2.05, 4.69) is 20.3 Å². The highest BCUT2D eigenvalue weighted by Gasteiger charge is 2.25. The zero-order valence-corrected chi connectivity index (χ0v) is 13.0. The SMILES string of the molecule is CN(C)Cc1ccccc1C(=O)NC1CCCn2ncnc21. The van der Waals surface area contributed by atoms with Crippen molar-refractivity contribution in [3.05, 3.63) is 47.5 Å². The van der Waals surface area contributed by atoms with E-state index in [0.717, 1.165) is 42.9 Å². The smallest absolute Gasteiger partial charge is 0.252 e. The third-order valence-electron chi connectivity index (χ3n) is 3.87. The van der Waals surface area contributed by atoms with Gasteiger partial charge in [0, 0.05) is 18.7 Å². The van der Waals surface area contributed by atoms with Gasteiger partial charge in [0.1, 0.15) is 12.2 Å². The number of amides is 1. The summed E-state index contributed by atoms with van der Waals surface area (Å²) in [6.45, 7) is 1.61. The molecule has 2 aromatic rings. The Morgan fingerprint density at radius 3 is 3.05 bits per heavy atom. The van der Waals surface area contributed by atoms with Crippen LogP contribution in [0.3, 0.4) is 0 Å². The quantitative estimate of drug-likeness (QED) is 0.931. The Labute approximate surface area is 130 Å². The summed E-state index contributed by atoms with van der Waals surface area (Å²) in [6, 6.07) is 7.68. The van der Waals surface area contributed by atoms with Gasteiger partial charge in [-0.2, -0.15) is 5.10 Å². The number of nitrogens with one attached hydrogen (secondary N) is 1. The third-order valence-corrected chi connectivity index (χ3v) is 3.87. The molecule has 22 heavy (non-hydrogen) atoms. The summed E-state index contributed by atoms with van der Waals surface area (Å²) in [7, 11) is 4.00. The average molecular weight is 299 g/mol. The molecule has 1 aliphatic rings. The van der Waals surface area contributed by atoms with Gasteiger partial charge in [-0.3, -0.25) is 4.79 Å². The first kappa shape index (κ1) is 14.7. The number of hydrogen-bond acceptors (Lipinski definition) is 4. The van der Waals surface area contributed by atoms with Gasteiger partial charge < -0.3 is 10.2 Å². The Balaban J connectivity index is 1.79. The van der Waals surface area contributed by atoms with Crippen molar-refractivity contribution in [2.75, 3.05) is 14.1 Å². The van der Waals surface area contributed by atoms with Gasteiger partial charge in [-0.05, 0) is 38.6 Å². The largest absolute Gasteiger partial charge is 0.342 e. The lowest BCUT2D eigenvalue weighted by Crippen LogP contribution is -2.34. The Morgan fingerprint density at radius 1 is 1.41 bits per heavy atom. The van der Waals surface area contributed by atoms with Gasteiger partial charge >= 0.3 is 0 Å². The van der Waals surface area contributed by atoms with Gasteiger partial charge in [0.2, 0.25) is 0 Å². The molecule has 1 aliphatic heterocycles. The standard InChI is InChI=1S/C16H21N5O/c1-20(2)10-12-6-3-4-7-13(12)16(22)19-14-8-5-9-21-15(14)17-11-18-21/h3-4,6-7,11,14H,5,8-10H2,1-2H3,(H,19,22). The second-order valence-corrected chi connectivity index (χ2v) is 5.90. The molecule has 0 bridgehead atoms. The number of aryl methyl sites for hydroxylation is 1. The molecule has 0 fully saturated rings. The van der Waals surface area contributed by atoms with Crippen molar-refractivity contribution in [2.45, 2.75) is 32.0 Å². The summed E-state index contributed by atoms with van der Waals surface area (Å²) < 4.78 is 1.88. The predicted molar refractivity (Wildman–Crippen MR) is 83.3 cm³/mol. The number of nitrogens with zero attached hydrogens (tertiary/aromatic N) is 4. The molecule has 0 saturated carbocycles. The van der Waals surface area contributed by atoms with Gasteiger partial charge in [0.25, 0.3) is 5.91 Å². The van der Waals surface area contributed by atoms with Crippen LogP contribution in [0.4, 0.5) is 0 Å². The van der Waals surface area contributed by atoms with Crippen molar-refractivity contribution >= 4 is 5.91 Å². The van der Waals surface area contributed by atoms with Crippen molar-refractivity contribution < 1.29 is 4.79 Å². The zero-order chi connectivity index (χ0) is 15.5. The molecule has 3 rings (SSSR count). The molecule has 2 heterocycles. The zero-order valence-electron chi connectivity index (χ0n) is 13.0. The molecular weight excluding hydrogens is 278 g/mol. The van der Waals surface area contributed by atoms with E-state index in [1.165, 1.54) is 0 Å². The van der Waals surface area contributed by atoms with Gasteiger partial charge in [-0.15, -0.1) is 0 Å². The monoisotopic (exact) mass is 299 g/mol. The van der Waals surface area contributed by atoms with E-state index in [1.54, 1.807) is 6.33 Å². The minimum Gasteiger partial charge on any atom is -0.342 e. The number of aromatic nitrogens is 3.